The lowest BCUT2D eigenvalue weighted by atomic mass is 10.2. The number of phenols is 1. The van der Waals surface area contributed by atoms with Crippen LogP contribution in [-0.4, -0.2) is 67.6 Å². The molecular formula is C20H22I2N4O4S. The number of hydrogen-bond donors (Lipinski definition) is 2. The van der Waals surface area contributed by atoms with Crippen LogP contribution >= 0.6 is 45.2 Å². The third-order valence-electron chi connectivity index (χ3n) is 4.81. The minimum atomic E-state index is -3.53. The Hall–Kier alpha value is -1.29. The molecule has 166 valence electrons. The summed E-state index contributed by atoms with van der Waals surface area (Å²) in [6, 6.07) is 10.4. The maximum Gasteiger partial charge on any atom is 0.254 e. The molecular weight excluding hydrogens is 646 g/mol. The van der Waals surface area contributed by atoms with Gasteiger partial charge < -0.3 is 5.11 Å². The van der Waals surface area contributed by atoms with Crippen LogP contribution in [0.1, 0.15) is 11.1 Å². The fourth-order valence-electron chi connectivity index (χ4n) is 3.08. The monoisotopic (exact) mass is 668 g/mol. The number of carbonyl (C=O) groups excluding carboxylic acids is 1. The number of benzene rings is 2. The molecule has 0 saturated carbocycles. The van der Waals surface area contributed by atoms with E-state index in [9.17, 15) is 18.3 Å². The number of phenolic OH excluding ortho intramolecular Hbond substituents is 1. The van der Waals surface area contributed by atoms with Gasteiger partial charge in [-0.15, -0.1) is 0 Å². The summed E-state index contributed by atoms with van der Waals surface area (Å²) in [5.41, 5.74) is 3.98. The van der Waals surface area contributed by atoms with Gasteiger partial charge in [-0.2, -0.15) is 9.41 Å². The Morgan fingerprint density at radius 2 is 1.81 bits per heavy atom. The minimum Gasteiger partial charge on any atom is -0.506 e. The molecule has 1 saturated heterocycles. The summed E-state index contributed by atoms with van der Waals surface area (Å²) < 4.78 is 28.6. The van der Waals surface area contributed by atoms with Gasteiger partial charge in [0.15, 0.2) is 0 Å². The number of aromatic hydroxyl groups is 1. The second-order valence-corrected chi connectivity index (χ2v) is 11.5. The van der Waals surface area contributed by atoms with Crippen molar-refractivity contribution in [3.8, 4) is 5.75 Å². The van der Waals surface area contributed by atoms with Crippen LogP contribution in [-0.2, 0) is 14.8 Å². The number of rotatable bonds is 6. The van der Waals surface area contributed by atoms with E-state index in [1.54, 1.807) is 30.3 Å². The molecule has 0 bridgehead atoms. The first-order chi connectivity index (χ1) is 14.7. The van der Waals surface area contributed by atoms with Gasteiger partial charge >= 0.3 is 0 Å². The zero-order valence-corrected chi connectivity index (χ0v) is 21.9. The quantitative estimate of drug-likeness (QED) is 0.280. The summed E-state index contributed by atoms with van der Waals surface area (Å²) in [6.07, 6.45) is 1.41. The van der Waals surface area contributed by atoms with Crippen LogP contribution in [0.4, 0.5) is 0 Å². The molecule has 1 amide bonds. The molecule has 0 aliphatic carbocycles. The number of piperazine rings is 1. The van der Waals surface area contributed by atoms with Crippen LogP contribution < -0.4 is 5.43 Å². The first kappa shape index (κ1) is 24.4. The second kappa shape index (κ2) is 10.6. The normalized spacial score (nSPS) is 16.0. The molecule has 31 heavy (non-hydrogen) atoms. The summed E-state index contributed by atoms with van der Waals surface area (Å²) in [4.78, 5) is 14.4. The van der Waals surface area contributed by atoms with E-state index in [-0.39, 0.29) is 23.1 Å². The van der Waals surface area contributed by atoms with Crippen molar-refractivity contribution in [3.05, 3.63) is 54.7 Å². The summed E-state index contributed by atoms with van der Waals surface area (Å²) in [6.45, 7) is 3.58. The Labute approximate surface area is 209 Å². The standard InChI is InChI=1S/C20H22I2N4O4S/c1-14-2-4-17(5-3-14)31(29,30)26-8-6-25(7-9-26)13-19(27)24-23-12-15-10-16(21)11-18(22)20(15)28/h2-5,10-12,28H,6-9,13H2,1H3,(H,24,27). The van der Waals surface area contributed by atoms with Gasteiger partial charge in [-0.3, -0.25) is 9.69 Å². The van der Waals surface area contributed by atoms with Crippen molar-refractivity contribution in [2.75, 3.05) is 32.7 Å². The predicted molar refractivity (Wildman–Crippen MR) is 136 cm³/mol. The van der Waals surface area contributed by atoms with Gasteiger partial charge in [-0.05, 0) is 76.4 Å². The molecule has 8 nitrogen and oxygen atoms in total. The van der Waals surface area contributed by atoms with E-state index < -0.39 is 10.0 Å². The smallest absolute Gasteiger partial charge is 0.254 e. The zero-order valence-electron chi connectivity index (χ0n) is 16.8. The molecule has 1 aliphatic rings. The highest BCUT2D eigenvalue weighted by Gasteiger charge is 2.28. The Balaban J connectivity index is 1.50. The molecule has 1 aliphatic heterocycles. The number of halogens is 2. The fraction of sp³-hybridized carbons (Fsp3) is 0.300. The maximum atomic E-state index is 12.8. The zero-order chi connectivity index (χ0) is 22.6. The molecule has 1 fully saturated rings. The Morgan fingerprint density at radius 3 is 2.45 bits per heavy atom. The van der Waals surface area contributed by atoms with Crippen LogP contribution in [0.3, 0.4) is 0 Å². The van der Waals surface area contributed by atoms with E-state index in [0.29, 0.717) is 35.3 Å². The van der Waals surface area contributed by atoms with Crippen molar-refractivity contribution in [2.45, 2.75) is 11.8 Å². The van der Waals surface area contributed by atoms with Gasteiger partial charge in [0.25, 0.3) is 5.91 Å². The molecule has 2 aromatic carbocycles. The van der Waals surface area contributed by atoms with Gasteiger partial charge in [0.2, 0.25) is 10.0 Å². The molecule has 2 aromatic rings. The number of aryl methyl sites for hydroxylation is 1. The van der Waals surface area contributed by atoms with Gasteiger partial charge in [0.1, 0.15) is 5.75 Å². The van der Waals surface area contributed by atoms with Crippen molar-refractivity contribution in [2.24, 2.45) is 5.10 Å². The van der Waals surface area contributed by atoms with Gasteiger partial charge in [0, 0.05) is 35.3 Å². The van der Waals surface area contributed by atoms with Crippen LogP contribution in [0.5, 0.6) is 5.75 Å². The highest BCUT2D eigenvalue weighted by molar-refractivity contribution is 14.1. The summed E-state index contributed by atoms with van der Waals surface area (Å²) in [5, 5.41) is 14.0. The number of hydrazone groups is 1. The van der Waals surface area contributed by atoms with Gasteiger partial charge in [-0.1, -0.05) is 17.7 Å². The van der Waals surface area contributed by atoms with Crippen molar-refractivity contribution in [3.63, 3.8) is 0 Å². The summed E-state index contributed by atoms with van der Waals surface area (Å²) >= 11 is 4.18. The average Bonchev–Trinajstić information content (AvgIpc) is 2.72. The third-order valence-corrected chi connectivity index (χ3v) is 8.17. The molecule has 11 heteroatoms. The number of nitrogens with one attached hydrogen (secondary N) is 1. The van der Waals surface area contributed by atoms with E-state index in [1.807, 2.05) is 40.5 Å². The first-order valence-electron chi connectivity index (χ1n) is 9.46. The number of amides is 1. The van der Waals surface area contributed by atoms with E-state index in [0.717, 1.165) is 9.13 Å². The first-order valence-corrected chi connectivity index (χ1v) is 13.1. The minimum absolute atomic E-state index is 0.116. The van der Waals surface area contributed by atoms with E-state index in [4.69, 9.17) is 0 Å². The SMILES string of the molecule is Cc1ccc(S(=O)(=O)N2CCN(CC(=O)NN=Cc3cc(I)cc(I)c3O)CC2)cc1. The van der Waals surface area contributed by atoms with Crippen LogP contribution in [0.25, 0.3) is 0 Å². The van der Waals surface area contributed by atoms with Crippen molar-refractivity contribution >= 4 is 67.3 Å². The molecule has 0 aromatic heterocycles. The number of carbonyl (C=O) groups is 1. The second-order valence-electron chi connectivity index (χ2n) is 7.11. The Bertz CT molecular complexity index is 1080. The van der Waals surface area contributed by atoms with Crippen LogP contribution in [0.15, 0.2) is 46.4 Å². The lowest BCUT2D eigenvalue weighted by Crippen LogP contribution is -2.50. The van der Waals surface area contributed by atoms with Gasteiger partial charge in [-0.25, -0.2) is 13.8 Å². The molecule has 0 spiro atoms. The van der Waals surface area contributed by atoms with Gasteiger partial charge in [0.05, 0.1) is 21.2 Å². The topological polar surface area (TPSA) is 102 Å². The molecule has 0 atom stereocenters. The average molecular weight is 668 g/mol. The lowest BCUT2D eigenvalue weighted by molar-refractivity contribution is -0.122. The molecule has 3 rings (SSSR count). The Morgan fingerprint density at radius 1 is 1.16 bits per heavy atom. The highest BCUT2D eigenvalue weighted by Crippen LogP contribution is 2.25. The number of nitrogens with zero attached hydrogens (tertiary/aromatic N) is 3. The Kier molecular flexibility index (Phi) is 8.29. The van der Waals surface area contributed by atoms with Crippen LogP contribution in [0.2, 0.25) is 0 Å². The van der Waals surface area contributed by atoms with E-state index >= 15 is 0 Å². The van der Waals surface area contributed by atoms with E-state index in [1.165, 1.54) is 10.5 Å². The summed E-state index contributed by atoms with van der Waals surface area (Å²) in [7, 11) is -3.53. The highest BCUT2D eigenvalue weighted by atomic mass is 127. The molecule has 2 N–H and O–H groups in total. The third kappa shape index (κ3) is 6.37. The largest absolute Gasteiger partial charge is 0.506 e. The molecule has 0 radical (unpaired) electrons. The van der Waals surface area contributed by atoms with Crippen molar-refractivity contribution < 1.29 is 18.3 Å². The predicted octanol–water partition coefficient (Wildman–Crippen LogP) is 2.37. The molecule has 1 heterocycles. The number of sulfonamides is 1. The van der Waals surface area contributed by atoms with Crippen LogP contribution in [0, 0.1) is 14.1 Å². The summed E-state index contributed by atoms with van der Waals surface area (Å²) in [5.74, 6) is -0.184. The van der Waals surface area contributed by atoms with Crippen molar-refractivity contribution in [1.29, 1.82) is 0 Å². The van der Waals surface area contributed by atoms with E-state index in [2.05, 4.69) is 33.1 Å². The fourth-order valence-corrected chi connectivity index (χ4v) is 6.40. The maximum absolute atomic E-state index is 12.8. The number of hydrogen-bond acceptors (Lipinski definition) is 6. The molecule has 0 unspecified atom stereocenters. The lowest BCUT2D eigenvalue weighted by Gasteiger charge is -2.33. The van der Waals surface area contributed by atoms with Crippen molar-refractivity contribution in [1.82, 2.24) is 14.6 Å².